The van der Waals surface area contributed by atoms with E-state index < -0.39 is 0 Å². The molecule has 0 radical (unpaired) electrons. The second-order valence-electron chi connectivity index (χ2n) is 6.12. The summed E-state index contributed by atoms with van der Waals surface area (Å²) in [4.78, 5) is 20.6. The van der Waals surface area contributed by atoms with Gasteiger partial charge in [0.25, 0.3) is 0 Å². The average molecular weight is 349 g/mol. The summed E-state index contributed by atoms with van der Waals surface area (Å²) in [6, 6.07) is 14.0. The highest BCUT2D eigenvalue weighted by Crippen LogP contribution is 2.05. The number of pyridine rings is 1. The normalized spacial score (nSPS) is 10.5. The molecule has 0 fully saturated rings. The van der Waals surface area contributed by atoms with Crippen molar-refractivity contribution >= 4 is 6.03 Å². The molecular formula is C20H23N5O. The van der Waals surface area contributed by atoms with Crippen LogP contribution >= 0.6 is 0 Å². The third kappa shape index (κ3) is 5.17. The van der Waals surface area contributed by atoms with Crippen LogP contribution < -0.4 is 10.6 Å². The summed E-state index contributed by atoms with van der Waals surface area (Å²) in [5.41, 5.74) is 3.29. The van der Waals surface area contributed by atoms with Gasteiger partial charge in [0.1, 0.15) is 5.82 Å². The van der Waals surface area contributed by atoms with Gasteiger partial charge >= 0.3 is 6.03 Å². The first-order valence-electron chi connectivity index (χ1n) is 8.68. The van der Waals surface area contributed by atoms with Crippen LogP contribution in [0.1, 0.15) is 22.6 Å². The number of aromatic nitrogens is 3. The zero-order valence-electron chi connectivity index (χ0n) is 14.9. The van der Waals surface area contributed by atoms with Crippen molar-refractivity contribution in [3.05, 3.63) is 83.7 Å². The number of hydrogen-bond donors (Lipinski definition) is 2. The van der Waals surface area contributed by atoms with Crippen molar-refractivity contribution < 1.29 is 4.79 Å². The molecule has 6 heteroatoms. The molecule has 0 saturated carbocycles. The van der Waals surface area contributed by atoms with Crippen LogP contribution in [0, 0.1) is 6.92 Å². The van der Waals surface area contributed by atoms with Crippen LogP contribution in [-0.2, 0) is 19.5 Å². The Hall–Kier alpha value is -3.15. The first kappa shape index (κ1) is 17.7. The lowest BCUT2D eigenvalue weighted by Crippen LogP contribution is -2.36. The van der Waals surface area contributed by atoms with Gasteiger partial charge in [0.2, 0.25) is 0 Å². The standard InChI is InChI=1S/C20H23N5O/c1-16-7-8-17(13-23-16)9-10-22-20(26)24-14-19-21-11-12-25(19)15-18-5-3-2-4-6-18/h2-8,11-13H,9-10,14-15H2,1H3,(H2,22,24,26). The summed E-state index contributed by atoms with van der Waals surface area (Å²) in [7, 11) is 0. The number of imidazole rings is 1. The minimum absolute atomic E-state index is 0.195. The molecule has 0 unspecified atom stereocenters. The first-order valence-corrected chi connectivity index (χ1v) is 8.68. The van der Waals surface area contributed by atoms with E-state index in [1.54, 1.807) is 6.20 Å². The van der Waals surface area contributed by atoms with E-state index in [4.69, 9.17) is 0 Å². The van der Waals surface area contributed by atoms with Gasteiger partial charge in [0.05, 0.1) is 6.54 Å². The average Bonchev–Trinajstić information content (AvgIpc) is 3.09. The highest BCUT2D eigenvalue weighted by atomic mass is 16.2. The number of benzene rings is 1. The molecule has 2 heterocycles. The molecule has 3 aromatic rings. The summed E-state index contributed by atoms with van der Waals surface area (Å²) in [6.45, 7) is 3.64. The maximum Gasteiger partial charge on any atom is 0.315 e. The fourth-order valence-electron chi connectivity index (χ4n) is 2.62. The summed E-state index contributed by atoms with van der Waals surface area (Å²) in [6.07, 6.45) is 6.27. The predicted octanol–water partition coefficient (Wildman–Crippen LogP) is 2.68. The van der Waals surface area contributed by atoms with Gasteiger partial charge in [-0.2, -0.15) is 0 Å². The topological polar surface area (TPSA) is 71.8 Å². The Kier molecular flexibility index (Phi) is 5.98. The van der Waals surface area contributed by atoms with Crippen LogP contribution in [0.5, 0.6) is 0 Å². The molecule has 0 saturated heterocycles. The SMILES string of the molecule is Cc1ccc(CCNC(=O)NCc2nccn2Cc2ccccc2)cn1. The van der Waals surface area contributed by atoms with Crippen molar-refractivity contribution in [2.24, 2.45) is 0 Å². The Balaban J connectivity index is 1.43. The number of urea groups is 1. The van der Waals surface area contributed by atoms with Crippen LogP contribution in [0.3, 0.4) is 0 Å². The van der Waals surface area contributed by atoms with Gasteiger partial charge in [0.15, 0.2) is 0 Å². The lowest BCUT2D eigenvalue weighted by Gasteiger charge is -2.10. The molecule has 1 aromatic carbocycles. The van der Waals surface area contributed by atoms with E-state index in [2.05, 4.69) is 32.7 Å². The molecule has 6 nitrogen and oxygen atoms in total. The van der Waals surface area contributed by atoms with Gasteiger partial charge < -0.3 is 15.2 Å². The number of carbonyl (C=O) groups is 1. The summed E-state index contributed by atoms with van der Waals surface area (Å²) < 4.78 is 2.04. The fraction of sp³-hybridized carbons (Fsp3) is 0.250. The molecule has 0 bridgehead atoms. The lowest BCUT2D eigenvalue weighted by atomic mass is 10.2. The zero-order valence-corrected chi connectivity index (χ0v) is 14.9. The van der Waals surface area contributed by atoms with Crippen LogP contribution in [0.2, 0.25) is 0 Å². The lowest BCUT2D eigenvalue weighted by molar-refractivity contribution is 0.240. The monoisotopic (exact) mass is 349 g/mol. The molecule has 0 spiro atoms. The Morgan fingerprint density at radius 1 is 1.04 bits per heavy atom. The number of nitrogens with zero attached hydrogens (tertiary/aromatic N) is 3. The van der Waals surface area contributed by atoms with Crippen molar-refractivity contribution in [1.82, 2.24) is 25.2 Å². The van der Waals surface area contributed by atoms with E-state index in [0.29, 0.717) is 13.1 Å². The zero-order chi connectivity index (χ0) is 18.2. The third-order valence-electron chi connectivity index (χ3n) is 4.08. The van der Waals surface area contributed by atoms with E-state index in [1.807, 2.05) is 54.2 Å². The first-order chi connectivity index (χ1) is 12.7. The summed E-state index contributed by atoms with van der Waals surface area (Å²) >= 11 is 0. The van der Waals surface area contributed by atoms with Crippen LogP contribution in [0.4, 0.5) is 4.79 Å². The molecule has 0 aliphatic heterocycles. The van der Waals surface area contributed by atoms with E-state index in [9.17, 15) is 4.79 Å². The Labute approximate surface area is 153 Å². The number of hydrogen-bond acceptors (Lipinski definition) is 3. The molecule has 0 aliphatic carbocycles. The highest BCUT2D eigenvalue weighted by molar-refractivity contribution is 5.73. The van der Waals surface area contributed by atoms with Crippen LogP contribution in [0.25, 0.3) is 0 Å². The van der Waals surface area contributed by atoms with Crippen LogP contribution in [-0.4, -0.2) is 27.1 Å². The molecule has 0 atom stereocenters. The number of carbonyl (C=O) groups excluding carboxylic acids is 1. The van der Waals surface area contributed by atoms with Gasteiger partial charge in [0, 0.05) is 37.4 Å². The van der Waals surface area contributed by atoms with E-state index in [0.717, 1.165) is 30.0 Å². The molecule has 2 amide bonds. The highest BCUT2D eigenvalue weighted by Gasteiger charge is 2.06. The van der Waals surface area contributed by atoms with Crippen molar-refractivity contribution in [2.75, 3.05) is 6.54 Å². The number of amides is 2. The van der Waals surface area contributed by atoms with E-state index in [-0.39, 0.29) is 6.03 Å². The van der Waals surface area contributed by atoms with Gasteiger partial charge in [-0.25, -0.2) is 9.78 Å². The minimum atomic E-state index is -0.195. The van der Waals surface area contributed by atoms with Crippen molar-refractivity contribution in [3.8, 4) is 0 Å². The second kappa shape index (κ2) is 8.80. The van der Waals surface area contributed by atoms with E-state index in [1.165, 1.54) is 5.56 Å². The molecular weight excluding hydrogens is 326 g/mol. The maximum absolute atomic E-state index is 12.0. The Morgan fingerprint density at radius 2 is 1.88 bits per heavy atom. The fourth-order valence-corrected chi connectivity index (χ4v) is 2.62. The number of nitrogens with one attached hydrogen (secondary N) is 2. The van der Waals surface area contributed by atoms with Crippen molar-refractivity contribution in [2.45, 2.75) is 26.4 Å². The molecule has 0 aliphatic rings. The van der Waals surface area contributed by atoms with E-state index >= 15 is 0 Å². The largest absolute Gasteiger partial charge is 0.338 e. The molecule has 2 aromatic heterocycles. The Bertz CT molecular complexity index is 827. The number of aryl methyl sites for hydroxylation is 1. The van der Waals surface area contributed by atoms with Crippen molar-refractivity contribution in [1.29, 1.82) is 0 Å². The smallest absolute Gasteiger partial charge is 0.315 e. The van der Waals surface area contributed by atoms with Crippen molar-refractivity contribution in [3.63, 3.8) is 0 Å². The quantitative estimate of drug-likeness (QED) is 0.689. The maximum atomic E-state index is 12.0. The van der Waals surface area contributed by atoms with Gasteiger partial charge in [-0.15, -0.1) is 0 Å². The second-order valence-corrected chi connectivity index (χ2v) is 6.12. The minimum Gasteiger partial charge on any atom is -0.338 e. The molecule has 134 valence electrons. The summed E-state index contributed by atoms with van der Waals surface area (Å²) in [5.74, 6) is 0.826. The summed E-state index contributed by atoms with van der Waals surface area (Å²) in [5, 5.41) is 5.72. The predicted molar refractivity (Wildman–Crippen MR) is 101 cm³/mol. The van der Waals surface area contributed by atoms with Gasteiger partial charge in [-0.05, 0) is 30.5 Å². The van der Waals surface area contributed by atoms with Gasteiger partial charge in [-0.3, -0.25) is 4.98 Å². The number of rotatable bonds is 7. The molecule has 2 N–H and O–H groups in total. The third-order valence-corrected chi connectivity index (χ3v) is 4.08. The Morgan fingerprint density at radius 3 is 2.65 bits per heavy atom. The molecule has 26 heavy (non-hydrogen) atoms. The van der Waals surface area contributed by atoms with Gasteiger partial charge in [-0.1, -0.05) is 36.4 Å². The van der Waals surface area contributed by atoms with Crippen LogP contribution in [0.15, 0.2) is 61.1 Å². The molecule has 3 rings (SSSR count).